The molecule has 6 nitrogen and oxygen atoms in total. The maximum Gasteiger partial charge on any atom is 0.416 e. The van der Waals surface area contributed by atoms with E-state index in [1.165, 1.54) is 12.1 Å². The lowest BCUT2D eigenvalue weighted by Crippen LogP contribution is -2.42. The second kappa shape index (κ2) is 9.94. The van der Waals surface area contributed by atoms with Gasteiger partial charge in [-0.25, -0.2) is 9.10 Å². The number of rotatable bonds is 5. The first-order chi connectivity index (χ1) is 18.1. The third kappa shape index (κ3) is 4.59. The molecule has 38 heavy (non-hydrogen) atoms. The summed E-state index contributed by atoms with van der Waals surface area (Å²) in [4.78, 5) is 25.8. The van der Waals surface area contributed by atoms with Gasteiger partial charge in [0.2, 0.25) is 0 Å². The lowest BCUT2D eigenvalue weighted by molar-refractivity contribution is -0.141. The summed E-state index contributed by atoms with van der Waals surface area (Å²) in [5.41, 5.74) is 0.0964. The minimum Gasteiger partial charge on any atom is -0.480 e. The Morgan fingerprint density at radius 1 is 1.05 bits per heavy atom. The fourth-order valence-electron chi connectivity index (χ4n) is 4.98. The summed E-state index contributed by atoms with van der Waals surface area (Å²) < 4.78 is 43.8. The molecular weight excluding hydrogens is 517 g/mol. The number of pyridine rings is 1. The summed E-state index contributed by atoms with van der Waals surface area (Å²) >= 11 is 1.10. The zero-order chi connectivity index (χ0) is 27.2. The molecule has 196 valence electrons. The smallest absolute Gasteiger partial charge is 0.416 e. The molecule has 1 aliphatic heterocycles. The van der Waals surface area contributed by atoms with Crippen molar-refractivity contribution in [2.24, 2.45) is 0 Å². The average Bonchev–Trinajstić information content (AvgIpc) is 2.88. The summed E-state index contributed by atoms with van der Waals surface area (Å²) in [6.45, 7) is -0.694. The highest BCUT2D eigenvalue weighted by Gasteiger charge is 2.36. The van der Waals surface area contributed by atoms with Gasteiger partial charge in [-0.3, -0.25) is 9.36 Å². The summed E-state index contributed by atoms with van der Waals surface area (Å²) in [6.07, 6.45) is -4.46. The predicted molar refractivity (Wildman–Crippen MR) is 139 cm³/mol. The van der Waals surface area contributed by atoms with Crippen molar-refractivity contribution in [3.63, 3.8) is 0 Å². The van der Waals surface area contributed by atoms with Gasteiger partial charge in [0.25, 0.3) is 5.56 Å². The largest absolute Gasteiger partial charge is 0.480 e. The number of carboxylic acids is 1. The van der Waals surface area contributed by atoms with E-state index < -0.39 is 35.9 Å². The van der Waals surface area contributed by atoms with Gasteiger partial charge >= 0.3 is 12.1 Å². The molecule has 10 heteroatoms. The van der Waals surface area contributed by atoms with Crippen LogP contribution in [0.4, 0.5) is 13.2 Å². The Kier molecular flexibility index (Phi) is 6.81. The van der Waals surface area contributed by atoms with Crippen molar-refractivity contribution in [2.75, 3.05) is 13.6 Å². The number of carboxylic acid groups (broad SMARTS) is 1. The third-order valence-electron chi connectivity index (χ3n) is 6.73. The van der Waals surface area contributed by atoms with E-state index in [0.717, 1.165) is 45.0 Å². The molecule has 0 amide bonds. The van der Waals surface area contributed by atoms with E-state index >= 15 is 0 Å². The van der Waals surface area contributed by atoms with Crippen LogP contribution in [-0.2, 0) is 24.0 Å². The molecule has 0 radical (unpaired) electrons. The number of fused-ring (bicyclic) bond motifs is 2. The Morgan fingerprint density at radius 2 is 1.76 bits per heavy atom. The molecule has 1 aliphatic rings. The topological polar surface area (TPSA) is 82.8 Å². The number of aliphatic hydroxyl groups is 1. The van der Waals surface area contributed by atoms with Crippen molar-refractivity contribution in [1.82, 2.24) is 8.87 Å². The molecule has 2 heterocycles. The second-order valence-corrected chi connectivity index (χ2v) is 10.3. The van der Waals surface area contributed by atoms with E-state index in [-0.39, 0.29) is 29.1 Å². The first-order valence-corrected chi connectivity index (χ1v) is 12.5. The van der Waals surface area contributed by atoms with Crippen molar-refractivity contribution in [2.45, 2.75) is 30.3 Å². The minimum atomic E-state index is -4.61. The van der Waals surface area contributed by atoms with Gasteiger partial charge in [-0.2, -0.15) is 13.2 Å². The van der Waals surface area contributed by atoms with E-state index in [1.54, 1.807) is 11.4 Å². The minimum absolute atomic E-state index is 0.00246. The Labute approximate surface area is 220 Å². The van der Waals surface area contributed by atoms with Gasteiger partial charge in [-0.1, -0.05) is 54.6 Å². The number of halogens is 3. The van der Waals surface area contributed by atoms with Gasteiger partial charge in [-0.15, -0.1) is 0 Å². The van der Waals surface area contributed by atoms with Gasteiger partial charge in [0.1, 0.15) is 11.1 Å². The maximum atomic E-state index is 13.7. The van der Waals surface area contributed by atoms with Crippen LogP contribution in [0.25, 0.3) is 21.9 Å². The molecule has 1 unspecified atom stereocenters. The highest BCUT2D eigenvalue weighted by atomic mass is 32.2. The number of carbonyl (C=O) groups is 1. The molecule has 3 aromatic carbocycles. The quantitative estimate of drug-likeness (QED) is 0.332. The van der Waals surface area contributed by atoms with Crippen molar-refractivity contribution in [3.05, 3.63) is 99.3 Å². The number of benzene rings is 3. The van der Waals surface area contributed by atoms with Gasteiger partial charge in [0.15, 0.2) is 0 Å². The molecule has 0 aliphatic carbocycles. The molecule has 0 saturated carbocycles. The lowest BCUT2D eigenvalue weighted by atomic mass is 9.90. The predicted octanol–water partition coefficient (Wildman–Crippen LogP) is 5.35. The highest BCUT2D eigenvalue weighted by Crippen LogP contribution is 2.43. The SMILES string of the molecule is CN1CC(C(=O)O)n2c(c(-c3cccc(C(F)(F)F)c3)c(Cc3cccc4ccccc34)c(CO)c2=O)S1. The maximum absolute atomic E-state index is 13.7. The van der Waals surface area contributed by atoms with Gasteiger partial charge in [-0.05, 0) is 65.0 Å². The molecule has 2 N–H and O–H groups in total. The highest BCUT2D eigenvalue weighted by molar-refractivity contribution is 7.97. The monoisotopic (exact) mass is 540 g/mol. The van der Waals surface area contributed by atoms with Crippen molar-refractivity contribution in [1.29, 1.82) is 0 Å². The van der Waals surface area contributed by atoms with Crippen LogP contribution in [0.1, 0.15) is 28.3 Å². The van der Waals surface area contributed by atoms with Crippen molar-refractivity contribution < 1.29 is 28.2 Å². The molecule has 0 fully saturated rings. The molecule has 0 saturated heterocycles. The van der Waals surface area contributed by atoms with Crippen LogP contribution in [0.15, 0.2) is 76.6 Å². The second-order valence-electron chi connectivity index (χ2n) is 9.12. The van der Waals surface area contributed by atoms with E-state index in [0.29, 0.717) is 11.1 Å². The molecule has 1 aromatic heterocycles. The number of nitrogens with zero attached hydrogens (tertiary/aromatic N) is 2. The van der Waals surface area contributed by atoms with E-state index in [4.69, 9.17) is 0 Å². The molecule has 4 aromatic rings. The normalized spacial score (nSPS) is 16.0. The Balaban J connectivity index is 1.87. The first kappa shape index (κ1) is 26.0. The first-order valence-electron chi connectivity index (χ1n) is 11.8. The summed E-state index contributed by atoms with van der Waals surface area (Å²) in [5, 5.41) is 22.4. The molecular formula is C28H23F3N2O4S. The fourth-order valence-corrected chi connectivity index (χ4v) is 6.12. The van der Waals surface area contributed by atoms with Gasteiger partial charge in [0, 0.05) is 17.7 Å². The number of aliphatic hydroxyl groups excluding tert-OH is 1. The molecule has 1 atom stereocenters. The van der Waals surface area contributed by atoms with Crippen LogP contribution in [0.3, 0.4) is 0 Å². The Hall–Kier alpha value is -3.60. The van der Waals surface area contributed by atoms with E-state index in [2.05, 4.69) is 0 Å². The Bertz CT molecular complexity index is 1610. The van der Waals surface area contributed by atoms with Crippen LogP contribution in [-0.4, -0.2) is 38.6 Å². The van der Waals surface area contributed by atoms with Crippen molar-refractivity contribution in [3.8, 4) is 11.1 Å². The number of alkyl halides is 3. The zero-order valence-electron chi connectivity index (χ0n) is 20.2. The van der Waals surface area contributed by atoms with Crippen LogP contribution < -0.4 is 5.56 Å². The van der Waals surface area contributed by atoms with E-state index in [1.807, 2.05) is 42.5 Å². The van der Waals surface area contributed by atoms with Crippen LogP contribution in [0, 0.1) is 0 Å². The third-order valence-corrected chi connectivity index (χ3v) is 7.76. The number of likely N-dealkylation sites (N-methyl/N-ethyl adjacent to an activating group) is 1. The summed E-state index contributed by atoms with van der Waals surface area (Å²) in [7, 11) is 1.66. The zero-order valence-corrected chi connectivity index (χ0v) is 21.0. The van der Waals surface area contributed by atoms with Crippen molar-refractivity contribution >= 4 is 28.7 Å². The lowest BCUT2D eigenvalue weighted by Gasteiger charge is -2.33. The van der Waals surface area contributed by atoms with Gasteiger partial charge in [0.05, 0.1) is 12.2 Å². The summed E-state index contributed by atoms with van der Waals surface area (Å²) in [6, 6.07) is 16.8. The summed E-state index contributed by atoms with van der Waals surface area (Å²) in [5.74, 6) is -1.25. The van der Waals surface area contributed by atoms with Gasteiger partial charge < -0.3 is 10.2 Å². The van der Waals surface area contributed by atoms with E-state index in [9.17, 15) is 33.0 Å². The fraction of sp³-hybridized carbons (Fsp3) is 0.214. The number of hydrogen-bond donors (Lipinski definition) is 2. The average molecular weight is 541 g/mol. The van der Waals surface area contributed by atoms with Crippen LogP contribution >= 0.6 is 11.9 Å². The standard InChI is InChI=1S/C28H23F3N2O4S/c1-32-14-23(27(36)37)33-25(35)22(15-34)21(13-17-8-4-7-16-6-2-3-11-20(16)17)24(26(33)38-32)18-9-5-10-19(12-18)28(29,30)31/h2-12,23,34H,13-15H2,1H3,(H,36,37). The number of hydrogen-bond acceptors (Lipinski definition) is 5. The molecule has 0 spiro atoms. The number of aliphatic carboxylic acids is 1. The van der Waals surface area contributed by atoms with Crippen LogP contribution in [0.5, 0.6) is 0 Å². The molecule has 5 rings (SSSR count). The van der Waals surface area contributed by atoms with Crippen LogP contribution in [0.2, 0.25) is 0 Å². The molecule has 0 bridgehead atoms. The Morgan fingerprint density at radius 3 is 2.47 bits per heavy atom. The number of aromatic nitrogens is 1.